The van der Waals surface area contributed by atoms with E-state index in [0.29, 0.717) is 19.5 Å². The van der Waals surface area contributed by atoms with E-state index in [1.165, 1.54) is 12.0 Å². The van der Waals surface area contributed by atoms with Crippen molar-refractivity contribution in [3.63, 3.8) is 0 Å². The third-order valence-corrected chi connectivity index (χ3v) is 7.91. The van der Waals surface area contributed by atoms with Crippen molar-refractivity contribution in [2.75, 3.05) is 33.3 Å². The average molecular weight is 608 g/mol. The van der Waals surface area contributed by atoms with Gasteiger partial charge in [0.05, 0.1) is 18.2 Å². The lowest BCUT2D eigenvalue weighted by atomic mass is 9.79. The molecule has 2 atom stereocenters. The van der Waals surface area contributed by atoms with Crippen LogP contribution in [0, 0.1) is 5.41 Å². The van der Waals surface area contributed by atoms with Crippen LogP contribution in [0.1, 0.15) is 67.3 Å². The number of imide groups is 1. The number of carbonyl (C=O) groups excluding carboxylic acids is 5. The van der Waals surface area contributed by atoms with Crippen LogP contribution in [0.4, 0.5) is 4.79 Å². The zero-order chi connectivity index (χ0) is 32.2. The Morgan fingerprint density at radius 3 is 2.05 bits per heavy atom. The summed E-state index contributed by atoms with van der Waals surface area (Å²) in [4.78, 5) is 70.7. The van der Waals surface area contributed by atoms with Crippen molar-refractivity contribution in [3.05, 3.63) is 71.3 Å². The Bertz CT molecular complexity index is 1370. The lowest BCUT2D eigenvalue weighted by Gasteiger charge is -2.42. The van der Waals surface area contributed by atoms with E-state index < -0.39 is 52.9 Å². The molecule has 1 saturated heterocycles. The van der Waals surface area contributed by atoms with E-state index >= 15 is 0 Å². The molecule has 2 heterocycles. The second kappa shape index (κ2) is 13.2. The van der Waals surface area contributed by atoms with Crippen LogP contribution in [-0.2, 0) is 30.4 Å². The maximum absolute atomic E-state index is 13.8. The molecule has 0 unspecified atom stereocenters. The molecule has 2 aliphatic rings. The van der Waals surface area contributed by atoms with Gasteiger partial charge in [-0.05, 0) is 56.8 Å². The standard InChI is InChI=1S/C33H41N3O8/c1-32(2,3)44-31(41)35-19-18-34(20-25(35)29(39)42-6)17-16-33(4,5)26(30(40)43-21-22-12-8-7-9-13-22)36-27(37)23-14-10-11-15-24(23)28(36)38/h7-15,25-26H,16-21H2,1-6H3/t25-,26+/m0/s1. The largest absolute Gasteiger partial charge is 0.467 e. The Hall–Kier alpha value is -4.25. The van der Waals surface area contributed by atoms with Gasteiger partial charge in [0.15, 0.2) is 0 Å². The van der Waals surface area contributed by atoms with Crippen molar-refractivity contribution < 1.29 is 38.2 Å². The first-order chi connectivity index (χ1) is 20.7. The van der Waals surface area contributed by atoms with Gasteiger partial charge in [-0.1, -0.05) is 56.3 Å². The van der Waals surface area contributed by atoms with Crippen LogP contribution in [0.5, 0.6) is 0 Å². The number of hydrogen-bond acceptors (Lipinski definition) is 9. The molecule has 0 spiro atoms. The number of rotatable bonds is 9. The number of methoxy groups -OCH3 is 1. The SMILES string of the molecule is COC(=O)[C@@H]1CN(CCC(C)(C)[C@@H](C(=O)OCc2ccccc2)N2C(=O)c3ccccc3C2=O)CCN1C(=O)OC(C)(C)C. The zero-order valence-electron chi connectivity index (χ0n) is 26.2. The van der Waals surface area contributed by atoms with Crippen molar-refractivity contribution in [2.45, 2.75) is 65.3 Å². The van der Waals surface area contributed by atoms with Gasteiger partial charge in [0.2, 0.25) is 0 Å². The smallest absolute Gasteiger partial charge is 0.411 e. The molecule has 3 amide bonds. The molecule has 11 heteroatoms. The molecule has 11 nitrogen and oxygen atoms in total. The number of hydrogen-bond donors (Lipinski definition) is 0. The Morgan fingerprint density at radius 1 is 0.886 bits per heavy atom. The molecule has 0 radical (unpaired) electrons. The second-order valence-corrected chi connectivity index (χ2v) is 12.8. The summed E-state index contributed by atoms with van der Waals surface area (Å²) >= 11 is 0. The minimum atomic E-state index is -1.21. The molecule has 0 bridgehead atoms. The molecule has 2 aromatic rings. The number of fused-ring (bicyclic) bond motifs is 1. The highest BCUT2D eigenvalue weighted by Crippen LogP contribution is 2.36. The van der Waals surface area contributed by atoms with Gasteiger partial charge in [-0.2, -0.15) is 0 Å². The fourth-order valence-electron chi connectivity index (χ4n) is 5.53. The highest BCUT2D eigenvalue weighted by molar-refractivity contribution is 6.22. The molecule has 0 aliphatic carbocycles. The van der Waals surface area contributed by atoms with Gasteiger partial charge in [0.25, 0.3) is 11.8 Å². The molecule has 4 rings (SSSR count). The minimum Gasteiger partial charge on any atom is -0.467 e. The van der Waals surface area contributed by atoms with Crippen LogP contribution in [0.15, 0.2) is 54.6 Å². The maximum Gasteiger partial charge on any atom is 0.411 e. The van der Waals surface area contributed by atoms with Crippen LogP contribution in [0.25, 0.3) is 0 Å². The van der Waals surface area contributed by atoms with E-state index in [-0.39, 0.29) is 30.8 Å². The van der Waals surface area contributed by atoms with E-state index in [4.69, 9.17) is 14.2 Å². The third kappa shape index (κ3) is 7.27. The minimum absolute atomic E-state index is 0.0111. The number of esters is 2. The number of carbonyl (C=O) groups is 5. The summed E-state index contributed by atoms with van der Waals surface area (Å²) in [6.07, 6.45) is -0.231. The zero-order valence-corrected chi connectivity index (χ0v) is 26.2. The summed E-state index contributed by atoms with van der Waals surface area (Å²) in [5.74, 6) is -2.34. The molecular formula is C33H41N3O8. The normalized spacial score (nSPS) is 18.1. The van der Waals surface area contributed by atoms with Crippen LogP contribution in [0.3, 0.4) is 0 Å². The van der Waals surface area contributed by atoms with Gasteiger partial charge in [0.1, 0.15) is 24.3 Å². The van der Waals surface area contributed by atoms with E-state index in [9.17, 15) is 24.0 Å². The predicted molar refractivity (Wildman–Crippen MR) is 161 cm³/mol. The van der Waals surface area contributed by atoms with Gasteiger partial charge >= 0.3 is 18.0 Å². The number of piperazine rings is 1. The molecule has 44 heavy (non-hydrogen) atoms. The summed E-state index contributed by atoms with van der Waals surface area (Å²) in [5.41, 5.74) is -0.393. The number of nitrogens with zero attached hydrogens (tertiary/aromatic N) is 3. The molecule has 2 aromatic carbocycles. The summed E-state index contributed by atoms with van der Waals surface area (Å²) in [7, 11) is 1.27. The average Bonchev–Trinajstić information content (AvgIpc) is 3.23. The first-order valence-corrected chi connectivity index (χ1v) is 14.7. The Morgan fingerprint density at radius 2 is 1.48 bits per heavy atom. The molecule has 236 valence electrons. The highest BCUT2D eigenvalue weighted by atomic mass is 16.6. The topological polar surface area (TPSA) is 123 Å². The molecular weight excluding hydrogens is 566 g/mol. The number of benzene rings is 2. The first-order valence-electron chi connectivity index (χ1n) is 14.7. The van der Waals surface area contributed by atoms with Crippen LogP contribution in [-0.4, -0.2) is 95.5 Å². The van der Waals surface area contributed by atoms with Crippen molar-refractivity contribution in [1.82, 2.24) is 14.7 Å². The predicted octanol–water partition coefficient (Wildman–Crippen LogP) is 3.91. The fourth-order valence-corrected chi connectivity index (χ4v) is 5.53. The number of amides is 3. The van der Waals surface area contributed by atoms with Crippen molar-refractivity contribution in [1.29, 1.82) is 0 Å². The monoisotopic (exact) mass is 607 g/mol. The summed E-state index contributed by atoms with van der Waals surface area (Å²) in [6.45, 7) is 10.2. The lowest BCUT2D eigenvalue weighted by molar-refractivity contribution is -0.154. The van der Waals surface area contributed by atoms with Crippen molar-refractivity contribution >= 4 is 29.8 Å². The second-order valence-electron chi connectivity index (χ2n) is 12.8. The van der Waals surface area contributed by atoms with Gasteiger partial charge in [0, 0.05) is 19.6 Å². The summed E-state index contributed by atoms with van der Waals surface area (Å²) in [5, 5.41) is 0. The first kappa shape index (κ1) is 32.7. The Kier molecular flexibility index (Phi) is 9.78. The molecule has 0 saturated carbocycles. The summed E-state index contributed by atoms with van der Waals surface area (Å²) < 4.78 is 16.2. The van der Waals surface area contributed by atoms with E-state index in [1.54, 1.807) is 45.0 Å². The van der Waals surface area contributed by atoms with E-state index in [0.717, 1.165) is 10.5 Å². The van der Waals surface area contributed by atoms with Gasteiger partial charge in [-0.25, -0.2) is 14.4 Å². The van der Waals surface area contributed by atoms with Crippen LogP contribution in [0.2, 0.25) is 0 Å². The summed E-state index contributed by atoms with van der Waals surface area (Å²) in [6, 6.07) is 13.6. The van der Waals surface area contributed by atoms with Crippen LogP contribution >= 0.6 is 0 Å². The van der Waals surface area contributed by atoms with E-state index in [2.05, 4.69) is 0 Å². The lowest BCUT2D eigenvalue weighted by Crippen LogP contribution is -2.60. The number of ether oxygens (including phenoxy) is 3. The molecule has 0 N–H and O–H groups in total. The Balaban J connectivity index is 1.53. The Labute approximate surface area is 258 Å². The van der Waals surface area contributed by atoms with E-state index in [1.807, 2.05) is 49.1 Å². The van der Waals surface area contributed by atoms with Gasteiger partial charge < -0.3 is 14.2 Å². The molecule has 0 aromatic heterocycles. The van der Waals surface area contributed by atoms with Gasteiger partial charge in [-0.15, -0.1) is 0 Å². The maximum atomic E-state index is 13.8. The fraction of sp³-hybridized carbons (Fsp3) is 0.485. The molecule has 2 aliphatic heterocycles. The van der Waals surface area contributed by atoms with Gasteiger partial charge in [-0.3, -0.25) is 24.3 Å². The quantitative estimate of drug-likeness (QED) is 0.237. The molecule has 1 fully saturated rings. The van der Waals surface area contributed by atoms with Crippen LogP contribution < -0.4 is 0 Å². The highest BCUT2D eigenvalue weighted by Gasteiger charge is 2.50. The van der Waals surface area contributed by atoms with Crippen molar-refractivity contribution in [3.8, 4) is 0 Å². The third-order valence-electron chi connectivity index (χ3n) is 7.91. The van der Waals surface area contributed by atoms with Crippen molar-refractivity contribution in [2.24, 2.45) is 5.41 Å².